The van der Waals surface area contributed by atoms with Crippen molar-refractivity contribution in [3.63, 3.8) is 0 Å². The third-order valence-corrected chi connectivity index (χ3v) is 7.77. The second-order valence-electron chi connectivity index (χ2n) is 9.72. The number of carbonyl (C=O) groups excluding carboxylic acids is 1. The van der Waals surface area contributed by atoms with Gasteiger partial charge in [-0.1, -0.05) is 17.3 Å². The molecular formula is C28H32FN7O3S. The molecule has 0 bridgehead atoms. The van der Waals surface area contributed by atoms with Crippen LogP contribution < -0.4 is 10.1 Å². The number of aryl methyl sites for hydroxylation is 1. The molecule has 1 N–H and O–H groups in total. The molecule has 0 saturated heterocycles. The highest BCUT2D eigenvalue weighted by Crippen LogP contribution is 2.29. The Bertz CT molecular complexity index is 1520. The number of benzene rings is 2. The summed E-state index contributed by atoms with van der Waals surface area (Å²) >= 11 is 1.86. The summed E-state index contributed by atoms with van der Waals surface area (Å²) < 4.78 is 29.0. The molecule has 0 spiro atoms. The number of aromatic nitrogens is 5. The minimum absolute atomic E-state index is 0.0725. The number of fused-ring (bicyclic) bond motifs is 1. The Morgan fingerprint density at radius 1 is 1.20 bits per heavy atom. The zero-order valence-corrected chi connectivity index (χ0v) is 23.8. The van der Waals surface area contributed by atoms with Crippen LogP contribution in [0.15, 0.2) is 47.6 Å². The fourth-order valence-corrected chi connectivity index (χ4v) is 5.84. The van der Waals surface area contributed by atoms with Crippen LogP contribution in [-0.4, -0.2) is 69.1 Å². The third-order valence-electron chi connectivity index (χ3n) is 6.69. The number of nitrogens with zero attached hydrogens (tertiary/aromatic N) is 6. The van der Waals surface area contributed by atoms with Gasteiger partial charge in [0.25, 0.3) is 5.91 Å². The van der Waals surface area contributed by atoms with Gasteiger partial charge in [0.05, 0.1) is 43.4 Å². The monoisotopic (exact) mass is 565 g/mol. The van der Waals surface area contributed by atoms with Gasteiger partial charge >= 0.3 is 0 Å². The average molecular weight is 566 g/mol. The van der Waals surface area contributed by atoms with E-state index in [1.807, 2.05) is 11.8 Å². The lowest BCUT2D eigenvalue weighted by Gasteiger charge is -2.14. The third kappa shape index (κ3) is 6.03. The number of ether oxygens (including phenoxy) is 2. The van der Waals surface area contributed by atoms with E-state index in [0.29, 0.717) is 29.2 Å². The van der Waals surface area contributed by atoms with Gasteiger partial charge in [0, 0.05) is 49.2 Å². The molecule has 0 radical (unpaired) electrons. The van der Waals surface area contributed by atoms with Gasteiger partial charge in [0.1, 0.15) is 5.69 Å². The molecular weight excluding hydrogens is 533 g/mol. The van der Waals surface area contributed by atoms with E-state index < -0.39 is 5.82 Å². The molecule has 12 heteroatoms. The summed E-state index contributed by atoms with van der Waals surface area (Å²) in [5.41, 5.74) is 4.66. The van der Waals surface area contributed by atoms with Crippen LogP contribution in [0.25, 0.3) is 5.69 Å². The fourth-order valence-electron chi connectivity index (χ4n) is 4.66. The standard InChI is InChI=1S/C28H32FN7O3S/c1-18-13-36(33-31-18)24-7-8-25(39-4)27(29)21(24)12-30-28(37)22-16-35(32-23(22)17-38-3)14-19-5-6-20-15-34(2)9-10-40-26(20)11-19/h5-8,11,13,16H,9-10,12,14-15,17H2,1-4H3,(H,30,37). The van der Waals surface area contributed by atoms with Crippen molar-refractivity contribution in [2.75, 3.05) is 33.6 Å². The Kier molecular flexibility index (Phi) is 8.48. The molecule has 5 rings (SSSR count). The summed E-state index contributed by atoms with van der Waals surface area (Å²) in [5, 5.41) is 15.5. The van der Waals surface area contributed by atoms with E-state index in [-0.39, 0.29) is 30.4 Å². The quantitative estimate of drug-likeness (QED) is 0.329. The Labute approximate surface area is 236 Å². The van der Waals surface area contributed by atoms with Crippen molar-refractivity contribution in [2.24, 2.45) is 0 Å². The lowest BCUT2D eigenvalue weighted by Crippen LogP contribution is -2.25. The predicted molar refractivity (Wildman–Crippen MR) is 149 cm³/mol. The first-order valence-corrected chi connectivity index (χ1v) is 13.9. The largest absolute Gasteiger partial charge is 0.494 e. The molecule has 40 heavy (non-hydrogen) atoms. The number of hydrogen-bond donors (Lipinski definition) is 1. The van der Waals surface area contributed by atoms with Crippen LogP contribution in [-0.2, 0) is 31.0 Å². The van der Waals surface area contributed by atoms with Gasteiger partial charge in [-0.2, -0.15) is 5.10 Å². The van der Waals surface area contributed by atoms with Crippen LogP contribution in [0.3, 0.4) is 0 Å². The Hall–Kier alpha value is -3.74. The van der Waals surface area contributed by atoms with Crippen molar-refractivity contribution in [3.05, 3.63) is 82.2 Å². The molecule has 210 valence electrons. The van der Waals surface area contributed by atoms with Crippen LogP contribution in [0.4, 0.5) is 4.39 Å². The second-order valence-corrected chi connectivity index (χ2v) is 10.9. The van der Waals surface area contributed by atoms with Gasteiger partial charge in [-0.05, 0) is 43.3 Å². The highest BCUT2D eigenvalue weighted by Gasteiger charge is 2.21. The number of carbonyl (C=O) groups is 1. The SMILES string of the molecule is COCc1nn(Cc2ccc3c(c2)SCCN(C)C3)cc1C(=O)NCc1c(-n2cc(C)nn2)ccc(OC)c1F. The molecule has 2 aromatic carbocycles. The molecule has 10 nitrogen and oxygen atoms in total. The number of halogens is 1. The lowest BCUT2D eigenvalue weighted by atomic mass is 10.1. The smallest absolute Gasteiger partial charge is 0.255 e. The summed E-state index contributed by atoms with van der Waals surface area (Å²) in [6, 6.07) is 9.68. The minimum atomic E-state index is -0.575. The topological polar surface area (TPSA) is 99.3 Å². The summed E-state index contributed by atoms with van der Waals surface area (Å²) in [7, 11) is 5.09. The van der Waals surface area contributed by atoms with Crippen LogP contribution in [0.1, 0.15) is 38.4 Å². The van der Waals surface area contributed by atoms with Gasteiger partial charge < -0.3 is 19.7 Å². The zero-order chi connectivity index (χ0) is 28.2. The summed E-state index contributed by atoms with van der Waals surface area (Å²) in [4.78, 5) is 16.9. The van der Waals surface area contributed by atoms with Crippen molar-refractivity contribution < 1.29 is 18.7 Å². The van der Waals surface area contributed by atoms with E-state index in [1.165, 1.54) is 28.3 Å². The van der Waals surface area contributed by atoms with Crippen LogP contribution in [0.5, 0.6) is 5.75 Å². The highest BCUT2D eigenvalue weighted by atomic mass is 32.2. The average Bonchev–Trinajstić information content (AvgIpc) is 3.49. The molecule has 0 fully saturated rings. The van der Waals surface area contributed by atoms with Gasteiger partial charge in [-0.15, -0.1) is 16.9 Å². The maximum Gasteiger partial charge on any atom is 0.255 e. The van der Waals surface area contributed by atoms with Crippen molar-refractivity contribution >= 4 is 17.7 Å². The van der Waals surface area contributed by atoms with Crippen molar-refractivity contribution in [2.45, 2.75) is 38.1 Å². The number of rotatable bonds is 9. The van der Waals surface area contributed by atoms with E-state index in [2.05, 4.69) is 50.9 Å². The minimum Gasteiger partial charge on any atom is -0.494 e. The Morgan fingerprint density at radius 2 is 2.05 bits per heavy atom. The summed E-state index contributed by atoms with van der Waals surface area (Å²) in [5.74, 6) is 0.155. The molecule has 1 amide bonds. The number of methoxy groups -OCH3 is 2. The number of hydrogen-bond acceptors (Lipinski definition) is 8. The van der Waals surface area contributed by atoms with Crippen LogP contribution in [0, 0.1) is 12.7 Å². The first kappa shape index (κ1) is 27.8. The summed E-state index contributed by atoms with van der Waals surface area (Å²) in [6.07, 6.45) is 3.40. The number of nitrogens with one attached hydrogen (secondary N) is 1. The highest BCUT2D eigenvalue weighted by molar-refractivity contribution is 7.99. The van der Waals surface area contributed by atoms with E-state index in [1.54, 1.807) is 37.2 Å². The first-order valence-electron chi connectivity index (χ1n) is 12.9. The van der Waals surface area contributed by atoms with E-state index in [4.69, 9.17) is 9.47 Å². The molecule has 1 aliphatic rings. The lowest BCUT2D eigenvalue weighted by molar-refractivity contribution is 0.0945. The van der Waals surface area contributed by atoms with E-state index in [0.717, 1.165) is 24.4 Å². The van der Waals surface area contributed by atoms with Gasteiger partial charge in [0.2, 0.25) is 0 Å². The van der Waals surface area contributed by atoms with E-state index in [9.17, 15) is 4.79 Å². The maximum atomic E-state index is 15.3. The number of thioether (sulfide) groups is 1. The normalized spacial score (nSPS) is 13.6. The fraction of sp³-hybridized carbons (Fsp3) is 0.357. The maximum absolute atomic E-state index is 15.3. The molecule has 4 aromatic rings. The van der Waals surface area contributed by atoms with Gasteiger partial charge in [-0.25, -0.2) is 9.07 Å². The van der Waals surface area contributed by atoms with Gasteiger partial charge in [-0.3, -0.25) is 9.48 Å². The van der Waals surface area contributed by atoms with E-state index >= 15 is 4.39 Å². The molecule has 1 aliphatic heterocycles. The molecule has 3 heterocycles. The van der Waals surface area contributed by atoms with Crippen molar-refractivity contribution in [3.8, 4) is 11.4 Å². The Balaban J connectivity index is 1.36. The van der Waals surface area contributed by atoms with Crippen LogP contribution in [0.2, 0.25) is 0 Å². The van der Waals surface area contributed by atoms with Crippen molar-refractivity contribution in [1.29, 1.82) is 0 Å². The van der Waals surface area contributed by atoms with Gasteiger partial charge in [0.15, 0.2) is 11.6 Å². The summed E-state index contributed by atoms with van der Waals surface area (Å²) in [6.45, 7) is 4.35. The molecule has 0 atom stereocenters. The first-order chi connectivity index (χ1) is 19.4. The van der Waals surface area contributed by atoms with Crippen molar-refractivity contribution in [1.82, 2.24) is 35.0 Å². The zero-order valence-electron chi connectivity index (χ0n) is 23.0. The molecule has 0 saturated carbocycles. The second kappa shape index (κ2) is 12.2. The molecule has 2 aromatic heterocycles. The Morgan fingerprint density at radius 3 is 2.80 bits per heavy atom. The predicted octanol–water partition coefficient (Wildman–Crippen LogP) is 3.58. The molecule has 0 unspecified atom stereocenters. The van der Waals surface area contributed by atoms with Crippen LogP contribution >= 0.6 is 11.8 Å². The molecule has 0 aliphatic carbocycles. The number of amides is 1.